The molecule has 104 valence electrons. The molecular weight excluding hydrogens is 256 g/mol. The Morgan fingerprint density at radius 1 is 1.15 bits per heavy atom. The number of hydrogen-bond acceptors (Lipinski definition) is 3. The molecule has 0 amide bonds. The zero-order valence-corrected chi connectivity index (χ0v) is 11.4. The monoisotopic (exact) mass is 272 g/mol. The van der Waals surface area contributed by atoms with Crippen molar-refractivity contribution in [2.75, 3.05) is 6.61 Å². The summed E-state index contributed by atoms with van der Waals surface area (Å²) >= 11 is 0. The molecule has 0 aromatic heterocycles. The van der Waals surface area contributed by atoms with Crippen molar-refractivity contribution < 1.29 is 19.4 Å². The van der Waals surface area contributed by atoms with Crippen LogP contribution in [0.5, 0.6) is 0 Å². The van der Waals surface area contributed by atoms with Crippen molar-refractivity contribution in [2.24, 2.45) is 0 Å². The quantitative estimate of drug-likeness (QED) is 0.869. The average Bonchev–Trinajstić information content (AvgIpc) is 2.43. The Bertz CT molecular complexity index is 661. The number of fused-ring (bicyclic) bond motifs is 1. The van der Waals surface area contributed by atoms with Crippen LogP contribution in [0.15, 0.2) is 36.4 Å². The normalized spacial score (nSPS) is 12.1. The van der Waals surface area contributed by atoms with Gasteiger partial charge in [-0.3, -0.25) is 4.79 Å². The Balaban J connectivity index is 2.21. The van der Waals surface area contributed by atoms with E-state index in [4.69, 9.17) is 9.84 Å². The summed E-state index contributed by atoms with van der Waals surface area (Å²) in [5.74, 6) is -2.17. The summed E-state index contributed by atoms with van der Waals surface area (Å²) in [6.45, 7) is 3.13. The van der Waals surface area contributed by atoms with Crippen LogP contribution in [0.2, 0.25) is 0 Å². The maximum absolute atomic E-state index is 11.8. The molecule has 1 atom stereocenters. The maximum Gasteiger partial charge on any atom is 0.341 e. The maximum atomic E-state index is 11.8. The first kappa shape index (κ1) is 14.1. The highest BCUT2D eigenvalue weighted by Crippen LogP contribution is 2.23. The number of aryl methyl sites for hydroxylation is 1. The predicted molar refractivity (Wildman–Crippen MR) is 75.7 cm³/mol. The number of aliphatic carboxylic acids is 1. The van der Waals surface area contributed by atoms with E-state index in [-0.39, 0.29) is 0 Å². The molecule has 2 rings (SSSR count). The molecule has 1 unspecified atom stereocenters. The largest absolute Gasteiger partial charge is 0.479 e. The van der Waals surface area contributed by atoms with Crippen LogP contribution in [0.3, 0.4) is 0 Å². The second kappa shape index (κ2) is 5.74. The van der Waals surface area contributed by atoms with E-state index >= 15 is 0 Å². The number of carboxylic acids is 1. The fourth-order valence-corrected chi connectivity index (χ4v) is 2.05. The van der Waals surface area contributed by atoms with Gasteiger partial charge >= 0.3 is 11.9 Å². The SMILES string of the molecule is Cc1ccc2cc(C(C)C(=O)OCC(=O)O)ccc2c1. The molecule has 4 nitrogen and oxygen atoms in total. The second-order valence-corrected chi connectivity index (χ2v) is 4.83. The Hall–Kier alpha value is -2.36. The molecule has 0 bridgehead atoms. The first-order valence-corrected chi connectivity index (χ1v) is 6.36. The van der Waals surface area contributed by atoms with Gasteiger partial charge in [0.15, 0.2) is 6.61 Å². The fourth-order valence-electron chi connectivity index (χ4n) is 2.05. The second-order valence-electron chi connectivity index (χ2n) is 4.83. The van der Waals surface area contributed by atoms with Crippen molar-refractivity contribution in [3.05, 3.63) is 47.5 Å². The molecule has 0 saturated heterocycles. The zero-order valence-electron chi connectivity index (χ0n) is 11.4. The molecule has 20 heavy (non-hydrogen) atoms. The lowest BCUT2D eigenvalue weighted by Crippen LogP contribution is -2.17. The Morgan fingerprint density at radius 2 is 1.80 bits per heavy atom. The molecule has 0 radical (unpaired) electrons. The van der Waals surface area contributed by atoms with Gasteiger partial charge in [0.25, 0.3) is 0 Å². The molecule has 0 spiro atoms. The first-order chi connectivity index (χ1) is 9.47. The van der Waals surface area contributed by atoms with Crippen molar-refractivity contribution in [2.45, 2.75) is 19.8 Å². The predicted octanol–water partition coefficient (Wildman–Crippen LogP) is 2.88. The lowest BCUT2D eigenvalue weighted by Gasteiger charge is -2.11. The van der Waals surface area contributed by atoms with Gasteiger partial charge in [-0.15, -0.1) is 0 Å². The van der Waals surface area contributed by atoms with E-state index < -0.39 is 24.5 Å². The van der Waals surface area contributed by atoms with Crippen LogP contribution in [0.4, 0.5) is 0 Å². The molecule has 2 aromatic rings. The van der Waals surface area contributed by atoms with Crippen LogP contribution in [-0.4, -0.2) is 23.7 Å². The van der Waals surface area contributed by atoms with Crippen LogP contribution >= 0.6 is 0 Å². The number of hydrogen-bond donors (Lipinski definition) is 1. The summed E-state index contributed by atoms with van der Waals surface area (Å²) in [6, 6.07) is 11.9. The van der Waals surface area contributed by atoms with Gasteiger partial charge in [-0.25, -0.2) is 4.79 Å². The van der Waals surface area contributed by atoms with E-state index in [1.807, 2.05) is 37.3 Å². The number of rotatable bonds is 4. The van der Waals surface area contributed by atoms with Gasteiger partial charge in [0, 0.05) is 0 Å². The van der Waals surface area contributed by atoms with Gasteiger partial charge in [0.1, 0.15) is 0 Å². The molecular formula is C16H16O4. The van der Waals surface area contributed by atoms with Crippen LogP contribution in [0.1, 0.15) is 24.0 Å². The van der Waals surface area contributed by atoms with Gasteiger partial charge in [-0.1, -0.05) is 42.0 Å². The number of esters is 1. The Labute approximate surface area is 117 Å². The molecule has 0 saturated carbocycles. The summed E-state index contributed by atoms with van der Waals surface area (Å²) in [5, 5.41) is 10.7. The van der Waals surface area contributed by atoms with Crippen molar-refractivity contribution in [3.8, 4) is 0 Å². The third-order valence-corrected chi connectivity index (χ3v) is 3.21. The smallest absolute Gasteiger partial charge is 0.341 e. The third kappa shape index (κ3) is 3.15. The van der Waals surface area contributed by atoms with E-state index in [1.54, 1.807) is 6.92 Å². The summed E-state index contributed by atoms with van der Waals surface area (Å²) in [4.78, 5) is 22.1. The molecule has 2 aromatic carbocycles. The molecule has 0 fully saturated rings. The van der Waals surface area contributed by atoms with Crippen molar-refractivity contribution in [1.29, 1.82) is 0 Å². The third-order valence-electron chi connectivity index (χ3n) is 3.21. The summed E-state index contributed by atoms with van der Waals surface area (Å²) in [5.41, 5.74) is 2.00. The number of ether oxygens (including phenoxy) is 1. The van der Waals surface area contributed by atoms with Crippen LogP contribution in [0, 0.1) is 6.92 Å². The van der Waals surface area contributed by atoms with E-state index in [2.05, 4.69) is 6.07 Å². The molecule has 0 aliphatic heterocycles. The summed E-state index contributed by atoms with van der Waals surface area (Å²) in [7, 11) is 0. The zero-order chi connectivity index (χ0) is 14.7. The highest BCUT2D eigenvalue weighted by Gasteiger charge is 2.18. The summed E-state index contributed by atoms with van der Waals surface area (Å²) < 4.78 is 4.71. The van der Waals surface area contributed by atoms with Crippen molar-refractivity contribution in [1.82, 2.24) is 0 Å². The molecule has 1 N–H and O–H groups in total. The topological polar surface area (TPSA) is 63.6 Å². The van der Waals surface area contributed by atoms with Gasteiger partial charge in [0.05, 0.1) is 5.92 Å². The lowest BCUT2D eigenvalue weighted by molar-refractivity contribution is -0.155. The minimum absolute atomic E-state index is 0.486. The van der Waals surface area contributed by atoms with Gasteiger partial charge in [0.2, 0.25) is 0 Å². The van der Waals surface area contributed by atoms with Gasteiger partial charge in [-0.05, 0) is 30.2 Å². The van der Waals surface area contributed by atoms with E-state index in [1.165, 1.54) is 5.56 Å². The number of carboxylic acid groups (broad SMARTS) is 1. The van der Waals surface area contributed by atoms with Crippen LogP contribution in [-0.2, 0) is 14.3 Å². The number of carbonyl (C=O) groups excluding carboxylic acids is 1. The van der Waals surface area contributed by atoms with Gasteiger partial charge in [-0.2, -0.15) is 0 Å². The first-order valence-electron chi connectivity index (χ1n) is 6.36. The average molecular weight is 272 g/mol. The Kier molecular flexibility index (Phi) is 4.03. The standard InChI is InChI=1S/C16H16O4/c1-10-3-4-14-8-12(5-6-13(14)7-10)11(2)16(19)20-9-15(17)18/h3-8,11H,9H2,1-2H3,(H,17,18). The minimum Gasteiger partial charge on any atom is -0.479 e. The summed E-state index contributed by atoms with van der Waals surface area (Å²) in [6.07, 6.45) is 0. The van der Waals surface area contributed by atoms with E-state index in [9.17, 15) is 9.59 Å². The molecule has 0 aliphatic rings. The number of carbonyl (C=O) groups is 2. The molecule has 4 heteroatoms. The van der Waals surface area contributed by atoms with E-state index in [0.29, 0.717) is 0 Å². The minimum atomic E-state index is -1.15. The lowest BCUT2D eigenvalue weighted by atomic mass is 9.97. The van der Waals surface area contributed by atoms with Crippen molar-refractivity contribution >= 4 is 22.7 Å². The van der Waals surface area contributed by atoms with Crippen LogP contribution < -0.4 is 0 Å². The van der Waals surface area contributed by atoms with Crippen LogP contribution in [0.25, 0.3) is 10.8 Å². The Morgan fingerprint density at radius 3 is 2.50 bits per heavy atom. The van der Waals surface area contributed by atoms with Crippen molar-refractivity contribution in [3.63, 3.8) is 0 Å². The van der Waals surface area contributed by atoms with Gasteiger partial charge < -0.3 is 9.84 Å². The fraction of sp³-hybridized carbons (Fsp3) is 0.250. The van der Waals surface area contributed by atoms with E-state index in [0.717, 1.165) is 16.3 Å². The molecule has 0 aliphatic carbocycles. The highest BCUT2D eigenvalue weighted by atomic mass is 16.5. The number of benzene rings is 2. The highest BCUT2D eigenvalue weighted by molar-refractivity contribution is 5.86. The molecule has 0 heterocycles.